The van der Waals surface area contributed by atoms with Gasteiger partial charge in [0.15, 0.2) is 0 Å². The average molecular weight is 562 g/mol. The molecule has 1 aromatic heterocycles. The van der Waals surface area contributed by atoms with Crippen LogP contribution in [-0.4, -0.2) is 70.0 Å². The minimum absolute atomic E-state index is 0.0770. The summed E-state index contributed by atoms with van der Waals surface area (Å²) in [5.41, 5.74) is 7.67. The van der Waals surface area contributed by atoms with E-state index in [1.54, 1.807) is 6.20 Å². The fourth-order valence-electron chi connectivity index (χ4n) is 4.34. The van der Waals surface area contributed by atoms with E-state index in [1.165, 1.54) is 11.8 Å². The van der Waals surface area contributed by atoms with Gasteiger partial charge in [0.25, 0.3) is 0 Å². The lowest BCUT2D eigenvalue weighted by atomic mass is 9.96. The summed E-state index contributed by atoms with van der Waals surface area (Å²) in [5, 5.41) is 18.9. The molecule has 5 atom stereocenters. The minimum Gasteiger partial charge on any atom is -0.480 e. The number of carbonyl (C=O) groups excluding carboxylic acids is 3. The molecule has 0 saturated carbocycles. The smallest absolute Gasteiger partial charge is 0.326 e. The molecule has 0 fully saturated rings. The summed E-state index contributed by atoms with van der Waals surface area (Å²) in [7, 11) is 0. The first-order chi connectivity index (χ1) is 18.5. The van der Waals surface area contributed by atoms with Gasteiger partial charge in [-0.25, -0.2) is 4.79 Å². The maximum Gasteiger partial charge on any atom is 0.326 e. The van der Waals surface area contributed by atoms with Crippen LogP contribution in [0, 0.1) is 11.8 Å². The average Bonchev–Trinajstić information content (AvgIpc) is 3.30. The van der Waals surface area contributed by atoms with Gasteiger partial charge in [0.05, 0.1) is 6.04 Å². The van der Waals surface area contributed by atoms with Crippen molar-refractivity contribution in [2.45, 2.75) is 77.5 Å². The van der Waals surface area contributed by atoms with Crippen LogP contribution >= 0.6 is 11.8 Å². The van der Waals surface area contributed by atoms with Gasteiger partial charge in [0.2, 0.25) is 17.7 Å². The molecule has 11 heteroatoms. The second-order valence-corrected chi connectivity index (χ2v) is 11.4. The molecule has 39 heavy (non-hydrogen) atoms. The quantitative estimate of drug-likeness (QED) is 0.183. The molecule has 2 aromatic rings. The Balaban J connectivity index is 2.17. The molecule has 1 aromatic carbocycles. The molecule has 0 aliphatic heterocycles. The lowest BCUT2D eigenvalue weighted by molar-refractivity contribution is -0.142. The Bertz CT molecular complexity index is 1120. The minimum atomic E-state index is -1.19. The summed E-state index contributed by atoms with van der Waals surface area (Å²) < 4.78 is 0. The van der Waals surface area contributed by atoms with Crippen LogP contribution in [0.5, 0.6) is 0 Å². The molecule has 0 spiro atoms. The van der Waals surface area contributed by atoms with Crippen molar-refractivity contribution in [3.8, 4) is 0 Å². The Kier molecular flexibility index (Phi) is 12.8. The highest BCUT2D eigenvalue weighted by Crippen LogP contribution is 2.19. The van der Waals surface area contributed by atoms with E-state index in [2.05, 4.69) is 20.9 Å². The van der Waals surface area contributed by atoms with E-state index in [-0.39, 0.29) is 18.3 Å². The molecule has 10 nitrogen and oxygen atoms in total. The maximum atomic E-state index is 13.4. The molecule has 5 unspecified atom stereocenters. The number of aromatic amines is 1. The van der Waals surface area contributed by atoms with E-state index >= 15 is 0 Å². The van der Waals surface area contributed by atoms with Crippen LogP contribution < -0.4 is 21.7 Å². The Morgan fingerprint density at radius 1 is 1.00 bits per heavy atom. The molecular weight excluding hydrogens is 518 g/mol. The van der Waals surface area contributed by atoms with Crippen LogP contribution in [0.2, 0.25) is 0 Å². The number of thioether (sulfide) groups is 1. The largest absolute Gasteiger partial charge is 0.480 e. The Hall–Kier alpha value is -3.05. The predicted octanol–water partition coefficient (Wildman–Crippen LogP) is 2.42. The molecule has 0 aliphatic rings. The number of carboxylic acid groups (broad SMARTS) is 1. The molecule has 7 N–H and O–H groups in total. The van der Waals surface area contributed by atoms with Gasteiger partial charge >= 0.3 is 5.97 Å². The number of nitrogens with two attached hydrogens (primary N) is 1. The first-order valence-corrected chi connectivity index (χ1v) is 14.8. The van der Waals surface area contributed by atoms with E-state index in [1.807, 2.05) is 58.2 Å². The second-order valence-electron chi connectivity index (χ2n) is 10.4. The van der Waals surface area contributed by atoms with Gasteiger partial charge in [-0.2, -0.15) is 11.8 Å². The first kappa shape index (κ1) is 32.2. The van der Waals surface area contributed by atoms with E-state index in [0.717, 1.165) is 16.5 Å². The lowest BCUT2D eigenvalue weighted by Gasteiger charge is -2.28. The number of carboxylic acids is 1. The van der Waals surface area contributed by atoms with Gasteiger partial charge in [-0.15, -0.1) is 0 Å². The van der Waals surface area contributed by atoms with E-state index in [0.29, 0.717) is 25.0 Å². The van der Waals surface area contributed by atoms with Crippen LogP contribution in [0.4, 0.5) is 0 Å². The number of para-hydroxylation sites is 1. The summed E-state index contributed by atoms with van der Waals surface area (Å²) in [6, 6.07) is 3.73. The van der Waals surface area contributed by atoms with Gasteiger partial charge < -0.3 is 31.8 Å². The fourth-order valence-corrected chi connectivity index (χ4v) is 4.81. The number of nitrogens with one attached hydrogen (secondary N) is 4. The number of hydrogen-bond donors (Lipinski definition) is 6. The van der Waals surface area contributed by atoms with Crippen LogP contribution in [0.3, 0.4) is 0 Å². The van der Waals surface area contributed by atoms with Crippen molar-refractivity contribution >= 4 is 46.4 Å². The molecule has 216 valence electrons. The highest BCUT2D eigenvalue weighted by molar-refractivity contribution is 7.98. The Labute approximate surface area is 234 Å². The van der Waals surface area contributed by atoms with E-state index in [9.17, 15) is 24.3 Å². The summed E-state index contributed by atoms with van der Waals surface area (Å²) in [4.78, 5) is 54.5. The normalized spacial score (nSPS) is 15.3. The third kappa shape index (κ3) is 9.58. The van der Waals surface area contributed by atoms with Gasteiger partial charge in [0, 0.05) is 23.5 Å². The maximum absolute atomic E-state index is 13.4. The predicted molar refractivity (Wildman–Crippen MR) is 155 cm³/mol. The monoisotopic (exact) mass is 561 g/mol. The number of amides is 3. The van der Waals surface area contributed by atoms with Crippen LogP contribution in [0.15, 0.2) is 30.5 Å². The van der Waals surface area contributed by atoms with Crippen molar-refractivity contribution in [1.29, 1.82) is 0 Å². The molecule has 0 radical (unpaired) electrons. The number of aliphatic carboxylic acids is 1. The molecule has 3 amide bonds. The van der Waals surface area contributed by atoms with Gasteiger partial charge in [0.1, 0.15) is 18.1 Å². The number of rotatable bonds is 16. The third-order valence-electron chi connectivity index (χ3n) is 6.81. The molecular formula is C28H43N5O5S. The Morgan fingerprint density at radius 3 is 2.28 bits per heavy atom. The van der Waals surface area contributed by atoms with Crippen LogP contribution in [-0.2, 0) is 25.6 Å². The van der Waals surface area contributed by atoms with Crippen LogP contribution in [0.25, 0.3) is 10.9 Å². The summed E-state index contributed by atoms with van der Waals surface area (Å²) >= 11 is 1.51. The standard InChI is InChI=1S/C28H43N5O5S/c1-6-17(4)24(33-25(34)20(29)13-16(2)3)27(36)31-22(11-12-39-5)26(35)32-23(28(37)38)14-18-15-30-21-10-8-7-9-19(18)21/h7-10,15-17,20,22-24,30H,6,11-14,29H2,1-5H3,(H,31,36)(H,32,35)(H,33,34)(H,37,38). The fraction of sp³-hybridized carbons (Fsp3) is 0.571. The van der Waals surface area contributed by atoms with Crippen molar-refractivity contribution in [3.05, 3.63) is 36.0 Å². The first-order valence-electron chi connectivity index (χ1n) is 13.4. The van der Waals surface area contributed by atoms with Gasteiger partial charge in [-0.1, -0.05) is 52.3 Å². The lowest BCUT2D eigenvalue weighted by Crippen LogP contribution is -2.59. The number of aromatic nitrogens is 1. The SMILES string of the molecule is CCC(C)C(NC(=O)C(N)CC(C)C)C(=O)NC(CCSC)C(=O)NC(Cc1c[nH]c2ccccc12)C(=O)O. The molecule has 0 saturated heterocycles. The van der Waals surface area contributed by atoms with Crippen molar-refractivity contribution in [2.75, 3.05) is 12.0 Å². The van der Waals surface area contributed by atoms with Gasteiger partial charge in [-0.05, 0) is 48.3 Å². The highest BCUT2D eigenvalue weighted by atomic mass is 32.2. The summed E-state index contributed by atoms with van der Waals surface area (Å²) in [6.07, 6.45) is 5.09. The topological polar surface area (TPSA) is 166 Å². The van der Waals surface area contributed by atoms with E-state index < -0.39 is 47.9 Å². The number of H-pyrrole nitrogens is 1. The zero-order valence-corrected chi connectivity index (χ0v) is 24.3. The van der Waals surface area contributed by atoms with Crippen LogP contribution in [0.1, 0.15) is 52.5 Å². The van der Waals surface area contributed by atoms with Crippen molar-refractivity contribution in [2.24, 2.45) is 17.6 Å². The molecule has 2 rings (SSSR count). The number of benzene rings is 1. The number of carbonyl (C=O) groups is 4. The third-order valence-corrected chi connectivity index (χ3v) is 7.46. The van der Waals surface area contributed by atoms with Crippen molar-refractivity contribution in [3.63, 3.8) is 0 Å². The highest BCUT2D eigenvalue weighted by Gasteiger charge is 2.32. The van der Waals surface area contributed by atoms with Crippen molar-refractivity contribution in [1.82, 2.24) is 20.9 Å². The summed E-state index contributed by atoms with van der Waals surface area (Å²) in [6.45, 7) is 7.68. The summed E-state index contributed by atoms with van der Waals surface area (Å²) in [5.74, 6) is -2.11. The van der Waals surface area contributed by atoms with Gasteiger partial charge in [-0.3, -0.25) is 14.4 Å². The second kappa shape index (κ2) is 15.5. The number of fused-ring (bicyclic) bond motifs is 1. The van der Waals surface area contributed by atoms with E-state index in [4.69, 9.17) is 5.73 Å². The zero-order chi connectivity index (χ0) is 29.1. The Morgan fingerprint density at radius 2 is 1.67 bits per heavy atom. The molecule has 1 heterocycles. The molecule has 0 aliphatic carbocycles. The zero-order valence-electron chi connectivity index (χ0n) is 23.5. The number of hydrogen-bond acceptors (Lipinski definition) is 6. The van der Waals surface area contributed by atoms with Crippen molar-refractivity contribution < 1.29 is 24.3 Å². The molecule has 0 bridgehead atoms.